The quantitative estimate of drug-likeness (QED) is 0.739. The van der Waals surface area contributed by atoms with Crippen LogP contribution in [0.1, 0.15) is 11.3 Å². The number of nitrogens with one attached hydrogen (secondary N) is 1. The van der Waals surface area contributed by atoms with Crippen molar-refractivity contribution in [2.45, 2.75) is 19.5 Å². The van der Waals surface area contributed by atoms with Crippen LogP contribution in [0.5, 0.6) is 0 Å². The molecule has 2 N–H and O–H groups in total. The highest BCUT2D eigenvalue weighted by Crippen LogP contribution is 2.02. The summed E-state index contributed by atoms with van der Waals surface area (Å²) in [7, 11) is 1.48. The molecule has 1 aromatic heterocycles. The molecule has 1 aromatic rings. The van der Waals surface area contributed by atoms with Crippen molar-refractivity contribution in [3.63, 3.8) is 0 Å². The van der Waals surface area contributed by atoms with Gasteiger partial charge in [-0.3, -0.25) is 15.1 Å². The van der Waals surface area contributed by atoms with E-state index in [2.05, 4.69) is 10.3 Å². The van der Waals surface area contributed by atoms with Gasteiger partial charge in [-0.1, -0.05) is 6.07 Å². The van der Waals surface area contributed by atoms with Crippen LogP contribution in [-0.4, -0.2) is 35.8 Å². The lowest BCUT2D eigenvalue weighted by atomic mass is 10.2. The number of carbonyl (C=O) groups is 1. The molecule has 1 atom stereocenters. The van der Waals surface area contributed by atoms with E-state index in [1.807, 2.05) is 19.1 Å². The van der Waals surface area contributed by atoms with Gasteiger partial charge in [-0.05, 0) is 18.6 Å². The van der Waals surface area contributed by atoms with Gasteiger partial charge in [0.1, 0.15) is 6.04 Å². The second kappa shape index (κ2) is 6.19. The van der Waals surface area contributed by atoms with Crippen molar-refractivity contribution in [1.82, 2.24) is 10.3 Å². The topological polar surface area (TPSA) is 71.5 Å². The third-order valence-electron chi connectivity index (χ3n) is 2.27. The molecule has 1 heterocycles. The Kier molecular flexibility index (Phi) is 4.88. The van der Waals surface area contributed by atoms with Crippen LogP contribution in [0.15, 0.2) is 18.3 Å². The molecule has 1 rings (SSSR count). The molecule has 0 fully saturated rings. The van der Waals surface area contributed by atoms with E-state index in [1.54, 1.807) is 6.20 Å². The van der Waals surface area contributed by atoms with E-state index in [4.69, 9.17) is 9.84 Å². The fourth-order valence-electron chi connectivity index (χ4n) is 1.31. The number of carboxylic acid groups (broad SMARTS) is 1. The second-order valence-corrected chi connectivity index (χ2v) is 3.49. The summed E-state index contributed by atoms with van der Waals surface area (Å²) in [5, 5.41) is 11.8. The van der Waals surface area contributed by atoms with Crippen LogP contribution in [0.25, 0.3) is 0 Å². The number of pyridine rings is 1. The van der Waals surface area contributed by atoms with Crippen LogP contribution in [0.4, 0.5) is 0 Å². The van der Waals surface area contributed by atoms with Crippen molar-refractivity contribution >= 4 is 5.97 Å². The average molecular weight is 224 g/mol. The maximum absolute atomic E-state index is 10.8. The Balaban J connectivity index is 2.55. The molecule has 0 aromatic carbocycles. The zero-order valence-corrected chi connectivity index (χ0v) is 9.43. The third-order valence-corrected chi connectivity index (χ3v) is 2.27. The fraction of sp³-hybridized carbons (Fsp3) is 0.455. The maximum Gasteiger partial charge on any atom is 0.323 e. The van der Waals surface area contributed by atoms with Gasteiger partial charge in [0.25, 0.3) is 0 Å². The number of aliphatic carboxylic acids is 1. The molecule has 0 bridgehead atoms. The molecule has 0 saturated carbocycles. The van der Waals surface area contributed by atoms with Crippen LogP contribution in [0, 0.1) is 6.92 Å². The van der Waals surface area contributed by atoms with Gasteiger partial charge < -0.3 is 9.84 Å². The fourth-order valence-corrected chi connectivity index (χ4v) is 1.31. The van der Waals surface area contributed by atoms with Crippen LogP contribution in [-0.2, 0) is 16.1 Å². The molecule has 16 heavy (non-hydrogen) atoms. The summed E-state index contributed by atoms with van der Waals surface area (Å²) in [6.45, 7) is 2.50. The Labute approximate surface area is 94.5 Å². The first-order valence-electron chi connectivity index (χ1n) is 5.00. The van der Waals surface area contributed by atoms with E-state index in [-0.39, 0.29) is 6.61 Å². The van der Waals surface area contributed by atoms with Crippen LogP contribution >= 0.6 is 0 Å². The largest absolute Gasteiger partial charge is 0.480 e. The summed E-state index contributed by atoms with van der Waals surface area (Å²) in [6.07, 6.45) is 1.69. The zero-order valence-electron chi connectivity index (χ0n) is 9.43. The van der Waals surface area contributed by atoms with Gasteiger partial charge >= 0.3 is 5.97 Å². The summed E-state index contributed by atoms with van der Waals surface area (Å²) in [6, 6.07) is 3.09. The minimum atomic E-state index is -0.921. The molecular formula is C11H16N2O3. The molecule has 5 nitrogen and oxygen atoms in total. The third kappa shape index (κ3) is 3.60. The zero-order chi connectivity index (χ0) is 12.0. The number of methoxy groups -OCH3 is 1. The smallest absolute Gasteiger partial charge is 0.323 e. The number of nitrogens with zero attached hydrogens (tertiary/aromatic N) is 1. The van der Waals surface area contributed by atoms with E-state index < -0.39 is 12.0 Å². The summed E-state index contributed by atoms with van der Waals surface area (Å²) >= 11 is 0. The number of ether oxygens (including phenoxy) is 1. The van der Waals surface area contributed by atoms with E-state index >= 15 is 0 Å². The van der Waals surface area contributed by atoms with E-state index in [9.17, 15) is 4.79 Å². The van der Waals surface area contributed by atoms with Crippen LogP contribution in [0.2, 0.25) is 0 Å². The Morgan fingerprint density at radius 3 is 3.00 bits per heavy atom. The Bertz CT molecular complexity index is 355. The minimum absolute atomic E-state index is 0.140. The van der Waals surface area contributed by atoms with Crippen molar-refractivity contribution in [2.75, 3.05) is 13.7 Å². The van der Waals surface area contributed by atoms with Gasteiger partial charge in [-0.2, -0.15) is 0 Å². The molecule has 5 heteroatoms. The van der Waals surface area contributed by atoms with Gasteiger partial charge in [0.2, 0.25) is 0 Å². The molecule has 1 unspecified atom stereocenters. The first-order valence-corrected chi connectivity index (χ1v) is 5.00. The average Bonchev–Trinajstić information content (AvgIpc) is 2.26. The first-order chi connectivity index (χ1) is 7.65. The number of carboxylic acids is 1. The lowest BCUT2D eigenvalue weighted by Gasteiger charge is -2.13. The lowest BCUT2D eigenvalue weighted by molar-refractivity contribution is -0.140. The van der Waals surface area contributed by atoms with E-state index in [0.29, 0.717) is 6.54 Å². The number of aryl methyl sites for hydroxylation is 1. The van der Waals surface area contributed by atoms with Crippen molar-refractivity contribution < 1.29 is 14.6 Å². The molecule has 0 aliphatic heterocycles. The van der Waals surface area contributed by atoms with Crippen molar-refractivity contribution in [1.29, 1.82) is 0 Å². The monoisotopic (exact) mass is 224 g/mol. The van der Waals surface area contributed by atoms with Crippen LogP contribution < -0.4 is 5.32 Å². The summed E-state index contributed by atoms with van der Waals surface area (Å²) in [5.41, 5.74) is 1.89. The van der Waals surface area contributed by atoms with Gasteiger partial charge in [-0.25, -0.2) is 0 Å². The predicted octanol–water partition coefficient (Wildman–Crippen LogP) is 0.579. The van der Waals surface area contributed by atoms with Crippen molar-refractivity contribution in [3.8, 4) is 0 Å². The van der Waals surface area contributed by atoms with Gasteiger partial charge in [0.15, 0.2) is 0 Å². The number of rotatable bonds is 6. The van der Waals surface area contributed by atoms with Crippen molar-refractivity contribution in [3.05, 3.63) is 29.6 Å². The number of hydrogen-bond acceptors (Lipinski definition) is 4. The predicted molar refractivity (Wildman–Crippen MR) is 59.1 cm³/mol. The second-order valence-electron chi connectivity index (χ2n) is 3.49. The maximum atomic E-state index is 10.8. The minimum Gasteiger partial charge on any atom is -0.480 e. The van der Waals surface area contributed by atoms with Gasteiger partial charge in [-0.15, -0.1) is 0 Å². The molecule has 0 radical (unpaired) electrons. The highest BCUT2D eigenvalue weighted by molar-refractivity contribution is 5.73. The molecule has 88 valence electrons. The van der Waals surface area contributed by atoms with Gasteiger partial charge in [0.05, 0.1) is 12.3 Å². The Morgan fingerprint density at radius 2 is 2.44 bits per heavy atom. The standard InChI is InChI=1S/C11H16N2O3/c1-8-4-3-5-12-9(8)6-13-10(7-16-2)11(14)15/h3-5,10,13H,6-7H2,1-2H3,(H,14,15). The van der Waals surface area contributed by atoms with E-state index in [0.717, 1.165) is 11.3 Å². The molecule has 0 aliphatic rings. The van der Waals surface area contributed by atoms with Gasteiger partial charge in [0, 0.05) is 19.9 Å². The normalized spacial score (nSPS) is 12.4. The number of hydrogen-bond donors (Lipinski definition) is 2. The molecule has 0 spiro atoms. The molecular weight excluding hydrogens is 208 g/mol. The van der Waals surface area contributed by atoms with Crippen molar-refractivity contribution in [2.24, 2.45) is 0 Å². The highest BCUT2D eigenvalue weighted by atomic mass is 16.5. The number of aromatic nitrogens is 1. The SMILES string of the molecule is COCC(NCc1ncccc1C)C(=O)O. The molecule has 0 saturated heterocycles. The lowest BCUT2D eigenvalue weighted by Crippen LogP contribution is -2.40. The highest BCUT2D eigenvalue weighted by Gasteiger charge is 2.16. The Morgan fingerprint density at radius 1 is 1.69 bits per heavy atom. The summed E-state index contributed by atoms with van der Waals surface area (Å²) in [4.78, 5) is 15.0. The molecule has 0 amide bonds. The molecule has 0 aliphatic carbocycles. The first kappa shape index (κ1) is 12.6. The Hall–Kier alpha value is -1.46. The van der Waals surface area contributed by atoms with E-state index in [1.165, 1.54) is 7.11 Å². The summed E-state index contributed by atoms with van der Waals surface area (Å²) in [5.74, 6) is -0.921. The van der Waals surface area contributed by atoms with Crippen LogP contribution in [0.3, 0.4) is 0 Å². The summed E-state index contributed by atoms with van der Waals surface area (Å²) < 4.78 is 4.82.